The van der Waals surface area contributed by atoms with Gasteiger partial charge in [-0.3, -0.25) is 5.10 Å². The van der Waals surface area contributed by atoms with Gasteiger partial charge in [0.15, 0.2) is 17.2 Å². The van der Waals surface area contributed by atoms with E-state index in [2.05, 4.69) is 15.2 Å². The summed E-state index contributed by atoms with van der Waals surface area (Å²) in [6, 6.07) is 6.20. The number of anilines is 1. The number of benzene rings is 1. The van der Waals surface area contributed by atoms with Crippen molar-refractivity contribution in [3.8, 4) is 11.6 Å². The second-order valence-corrected chi connectivity index (χ2v) is 3.83. The quantitative estimate of drug-likeness (QED) is 0.744. The van der Waals surface area contributed by atoms with Crippen molar-refractivity contribution in [1.29, 1.82) is 0 Å². The van der Waals surface area contributed by atoms with Gasteiger partial charge in [0.25, 0.3) is 0 Å². The van der Waals surface area contributed by atoms with Crippen LogP contribution in [-0.2, 0) is 0 Å². The number of hydrogen-bond donors (Lipinski definition) is 2. The van der Waals surface area contributed by atoms with Crippen molar-refractivity contribution in [2.24, 2.45) is 0 Å². The van der Waals surface area contributed by atoms with Crippen molar-refractivity contribution in [2.75, 3.05) is 5.73 Å². The SMILES string of the molecule is Nc1[nH]nc2nc(Oc3ccc(F)cc3F)ccc12. The van der Waals surface area contributed by atoms with Crippen LogP contribution in [0.15, 0.2) is 30.3 Å². The number of rotatable bonds is 2. The lowest BCUT2D eigenvalue weighted by molar-refractivity contribution is 0.425. The Morgan fingerprint density at radius 3 is 2.79 bits per heavy atom. The van der Waals surface area contributed by atoms with Crippen molar-refractivity contribution in [3.63, 3.8) is 0 Å². The van der Waals surface area contributed by atoms with Crippen LogP contribution in [0.25, 0.3) is 11.0 Å². The summed E-state index contributed by atoms with van der Waals surface area (Å²) < 4.78 is 31.4. The van der Waals surface area contributed by atoms with Gasteiger partial charge < -0.3 is 10.5 Å². The molecular formula is C12H8F2N4O. The number of nitrogens with two attached hydrogens (primary N) is 1. The Morgan fingerprint density at radius 1 is 1.16 bits per heavy atom. The first-order valence-electron chi connectivity index (χ1n) is 5.37. The first-order chi connectivity index (χ1) is 9.13. The zero-order valence-corrected chi connectivity index (χ0v) is 9.52. The van der Waals surface area contributed by atoms with Crippen LogP contribution in [0.5, 0.6) is 11.6 Å². The smallest absolute Gasteiger partial charge is 0.221 e. The van der Waals surface area contributed by atoms with E-state index in [9.17, 15) is 8.78 Å². The van der Waals surface area contributed by atoms with E-state index in [0.717, 1.165) is 12.1 Å². The van der Waals surface area contributed by atoms with E-state index < -0.39 is 11.6 Å². The molecule has 0 atom stereocenters. The number of H-pyrrole nitrogens is 1. The molecule has 3 aromatic rings. The van der Waals surface area contributed by atoms with Crippen LogP contribution in [0, 0.1) is 11.6 Å². The van der Waals surface area contributed by atoms with Crippen LogP contribution >= 0.6 is 0 Å². The molecular weight excluding hydrogens is 254 g/mol. The highest BCUT2D eigenvalue weighted by Crippen LogP contribution is 2.25. The third kappa shape index (κ3) is 2.05. The second kappa shape index (κ2) is 4.20. The lowest BCUT2D eigenvalue weighted by Gasteiger charge is -2.05. The molecule has 5 nitrogen and oxygen atoms in total. The van der Waals surface area contributed by atoms with Crippen molar-refractivity contribution < 1.29 is 13.5 Å². The van der Waals surface area contributed by atoms with Crippen LogP contribution < -0.4 is 10.5 Å². The Labute approximate surface area is 106 Å². The number of halogens is 2. The molecule has 19 heavy (non-hydrogen) atoms. The molecule has 0 spiro atoms. The maximum atomic E-state index is 13.4. The van der Waals surface area contributed by atoms with Crippen molar-refractivity contribution in [1.82, 2.24) is 15.2 Å². The van der Waals surface area contributed by atoms with E-state index in [-0.39, 0.29) is 11.6 Å². The highest BCUT2D eigenvalue weighted by atomic mass is 19.1. The summed E-state index contributed by atoms with van der Waals surface area (Å²) in [5.74, 6) is -1.06. The predicted molar refractivity (Wildman–Crippen MR) is 64.7 cm³/mol. The Bertz CT molecular complexity index is 757. The minimum atomic E-state index is -0.802. The Hall–Kier alpha value is -2.70. The second-order valence-electron chi connectivity index (χ2n) is 3.83. The van der Waals surface area contributed by atoms with Crippen LogP contribution in [0.4, 0.5) is 14.6 Å². The third-order valence-corrected chi connectivity index (χ3v) is 2.53. The summed E-state index contributed by atoms with van der Waals surface area (Å²) in [6.45, 7) is 0. The van der Waals surface area contributed by atoms with Crippen LogP contribution in [-0.4, -0.2) is 15.2 Å². The van der Waals surface area contributed by atoms with Crippen LogP contribution in [0.1, 0.15) is 0 Å². The number of fused-ring (bicyclic) bond motifs is 1. The van der Waals surface area contributed by atoms with E-state index >= 15 is 0 Å². The Kier molecular flexibility index (Phi) is 2.52. The molecule has 0 amide bonds. The monoisotopic (exact) mass is 262 g/mol. The number of nitrogen functional groups attached to an aromatic ring is 1. The van der Waals surface area contributed by atoms with E-state index in [4.69, 9.17) is 10.5 Å². The molecule has 0 saturated heterocycles. The highest BCUT2D eigenvalue weighted by Gasteiger charge is 2.09. The molecule has 2 aromatic heterocycles. The van der Waals surface area contributed by atoms with Gasteiger partial charge in [-0.25, -0.2) is 8.78 Å². The van der Waals surface area contributed by atoms with E-state index in [1.54, 1.807) is 6.07 Å². The van der Waals surface area contributed by atoms with Gasteiger partial charge in [-0.1, -0.05) is 0 Å². The number of nitrogens with zero attached hydrogens (tertiary/aromatic N) is 2. The van der Waals surface area contributed by atoms with E-state index in [1.165, 1.54) is 12.1 Å². The van der Waals surface area contributed by atoms with E-state index in [0.29, 0.717) is 16.9 Å². The molecule has 0 fully saturated rings. The third-order valence-electron chi connectivity index (χ3n) is 2.53. The fourth-order valence-electron chi connectivity index (χ4n) is 1.63. The highest BCUT2D eigenvalue weighted by molar-refractivity contribution is 5.85. The summed E-state index contributed by atoms with van der Waals surface area (Å²) in [5.41, 5.74) is 5.98. The number of hydrogen-bond acceptors (Lipinski definition) is 4. The summed E-state index contributed by atoms with van der Waals surface area (Å²) in [5, 5.41) is 7.08. The summed E-state index contributed by atoms with van der Waals surface area (Å²) in [6.07, 6.45) is 0. The molecule has 0 aliphatic rings. The molecule has 0 saturated carbocycles. The predicted octanol–water partition coefficient (Wildman–Crippen LogP) is 2.61. The number of aromatic amines is 1. The molecule has 0 radical (unpaired) electrons. The van der Waals surface area contributed by atoms with Gasteiger partial charge in [-0.15, -0.1) is 0 Å². The lowest BCUT2D eigenvalue weighted by Crippen LogP contribution is -1.92. The molecule has 96 valence electrons. The molecule has 2 heterocycles. The van der Waals surface area contributed by atoms with Gasteiger partial charge in [-0.05, 0) is 18.2 Å². The Balaban J connectivity index is 1.96. The number of pyridine rings is 1. The van der Waals surface area contributed by atoms with Crippen molar-refractivity contribution in [3.05, 3.63) is 42.0 Å². The summed E-state index contributed by atoms with van der Waals surface area (Å²) in [7, 11) is 0. The largest absolute Gasteiger partial charge is 0.436 e. The maximum Gasteiger partial charge on any atom is 0.221 e. The minimum Gasteiger partial charge on any atom is -0.436 e. The van der Waals surface area contributed by atoms with Gasteiger partial charge in [0.1, 0.15) is 11.6 Å². The van der Waals surface area contributed by atoms with Crippen LogP contribution in [0.2, 0.25) is 0 Å². The molecule has 0 aliphatic carbocycles. The van der Waals surface area contributed by atoms with Gasteiger partial charge in [0.05, 0.1) is 5.39 Å². The average Bonchev–Trinajstić information content (AvgIpc) is 2.74. The number of ether oxygens (including phenoxy) is 1. The average molecular weight is 262 g/mol. The van der Waals surface area contributed by atoms with E-state index in [1.807, 2.05) is 0 Å². The number of nitrogens with one attached hydrogen (secondary N) is 1. The molecule has 1 aromatic carbocycles. The zero-order valence-electron chi connectivity index (χ0n) is 9.52. The lowest BCUT2D eigenvalue weighted by atomic mass is 10.3. The number of aromatic nitrogens is 3. The molecule has 3 rings (SSSR count). The van der Waals surface area contributed by atoms with Crippen LogP contribution in [0.3, 0.4) is 0 Å². The van der Waals surface area contributed by atoms with Gasteiger partial charge in [-0.2, -0.15) is 10.1 Å². The van der Waals surface area contributed by atoms with Crippen molar-refractivity contribution >= 4 is 16.9 Å². The molecule has 0 bridgehead atoms. The topological polar surface area (TPSA) is 76.8 Å². The molecule has 0 aliphatic heterocycles. The van der Waals surface area contributed by atoms with Crippen molar-refractivity contribution in [2.45, 2.75) is 0 Å². The molecule has 7 heteroatoms. The van der Waals surface area contributed by atoms with Gasteiger partial charge in [0, 0.05) is 12.1 Å². The van der Waals surface area contributed by atoms with Gasteiger partial charge in [0.2, 0.25) is 5.88 Å². The minimum absolute atomic E-state index is 0.114. The Morgan fingerprint density at radius 2 is 2.00 bits per heavy atom. The van der Waals surface area contributed by atoms with Gasteiger partial charge >= 0.3 is 0 Å². The standard InChI is InChI=1S/C12H8F2N4O/c13-6-1-3-9(8(14)5-6)19-10-4-2-7-11(15)17-18-12(7)16-10/h1-5H,(H3,15,16,17,18). The first-order valence-corrected chi connectivity index (χ1v) is 5.37. The normalized spacial score (nSPS) is 10.8. The zero-order chi connectivity index (χ0) is 13.4. The first kappa shape index (κ1) is 11.4. The fraction of sp³-hybridized carbons (Fsp3) is 0. The summed E-state index contributed by atoms with van der Waals surface area (Å²) in [4.78, 5) is 4.05. The summed E-state index contributed by atoms with van der Waals surface area (Å²) >= 11 is 0. The maximum absolute atomic E-state index is 13.4. The molecule has 3 N–H and O–H groups in total. The molecule has 0 unspecified atom stereocenters. The fourth-order valence-corrected chi connectivity index (χ4v) is 1.63.